The predicted octanol–water partition coefficient (Wildman–Crippen LogP) is 4.84. The van der Waals surface area contributed by atoms with Gasteiger partial charge in [-0.2, -0.15) is 16.4 Å². The van der Waals surface area contributed by atoms with E-state index in [9.17, 15) is 4.79 Å². The van der Waals surface area contributed by atoms with Crippen molar-refractivity contribution in [2.75, 3.05) is 5.32 Å². The number of aromatic nitrogens is 2. The van der Waals surface area contributed by atoms with Gasteiger partial charge in [0.05, 0.1) is 0 Å². The Kier molecular flexibility index (Phi) is 4.62. The lowest BCUT2D eigenvalue weighted by Crippen LogP contribution is -2.27. The first-order valence-corrected chi connectivity index (χ1v) is 9.23. The molecule has 2 aromatic carbocycles. The summed E-state index contributed by atoms with van der Waals surface area (Å²) in [4.78, 5) is 13.0. The second kappa shape index (κ2) is 7.37. The zero-order valence-electron chi connectivity index (χ0n) is 13.9. The van der Waals surface area contributed by atoms with E-state index in [0.717, 1.165) is 22.4 Å². The number of nitrogens with one attached hydrogen (secondary N) is 1. The minimum Gasteiger partial charge on any atom is -0.324 e. The molecule has 0 saturated carbocycles. The number of rotatable bonds is 5. The van der Waals surface area contributed by atoms with Crippen molar-refractivity contribution in [3.63, 3.8) is 0 Å². The lowest BCUT2D eigenvalue weighted by atomic mass is 10.1. The van der Waals surface area contributed by atoms with Gasteiger partial charge in [-0.15, -0.1) is 0 Å². The van der Waals surface area contributed by atoms with Gasteiger partial charge in [0.2, 0.25) is 0 Å². The van der Waals surface area contributed by atoms with Gasteiger partial charge in [-0.05, 0) is 51.7 Å². The summed E-state index contributed by atoms with van der Waals surface area (Å²) >= 11 is 1.66. The number of hydrogen-bond acceptors (Lipinski definition) is 3. The molecule has 0 fully saturated rings. The second-order valence-corrected chi connectivity index (χ2v) is 6.66. The van der Waals surface area contributed by atoms with Crippen molar-refractivity contribution in [2.24, 2.45) is 0 Å². The highest BCUT2D eigenvalue weighted by atomic mass is 32.1. The Morgan fingerprint density at radius 2 is 1.88 bits per heavy atom. The van der Waals surface area contributed by atoms with E-state index in [1.807, 2.05) is 66.0 Å². The predicted molar refractivity (Wildman–Crippen MR) is 105 cm³/mol. The molecule has 0 aliphatic heterocycles. The lowest BCUT2D eigenvalue weighted by Gasteiger charge is -2.18. The summed E-state index contributed by atoms with van der Waals surface area (Å²) in [6.07, 6.45) is 3.49. The van der Waals surface area contributed by atoms with Crippen LogP contribution in [0.15, 0.2) is 89.9 Å². The van der Waals surface area contributed by atoms with Gasteiger partial charge in [-0.1, -0.05) is 42.5 Å². The number of benzene rings is 2. The fraction of sp³-hybridized carbons (Fsp3) is 0.0476. The highest BCUT2D eigenvalue weighted by molar-refractivity contribution is 7.08. The first-order valence-electron chi connectivity index (χ1n) is 8.29. The molecule has 0 spiro atoms. The Morgan fingerprint density at radius 1 is 1.00 bits per heavy atom. The van der Waals surface area contributed by atoms with E-state index in [1.54, 1.807) is 28.4 Å². The maximum absolute atomic E-state index is 13.0. The highest BCUT2D eigenvalue weighted by Crippen LogP contribution is 2.26. The molecule has 4 aromatic rings. The molecule has 128 valence electrons. The van der Waals surface area contributed by atoms with Crippen molar-refractivity contribution in [3.05, 3.63) is 95.4 Å². The van der Waals surface area contributed by atoms with Crippen molar-refractivity contribution < 1.29 is 4.79 Å². The van der Waals surface area contributed by atoms with Gasteiger partial charge >= 0.3 is 0 Å². The SMILES string of the molecule is O=C(Nc1cccc(-c2ccsc2)c1)C(c1ccccc1)n1cccn1. The van der Waals surface area contributed by atoms with E-state index in [4.69, 9.17) is 0 Å². The van der Waals surface area contributed by atoms with Gasteiger partial charge < -0.3 is 5.32 Å². The molecule has 1 amide bonds. The molecular formula is C21H17N3OS. The molecule has 1 atom stereocenters. The van der Waals surface area contributed by atoms with Crippen LogP contribution < -0.4 is 5.32 Å². The van der Waals surface area contributed by atoms with E-state index in [2.05, 4.69) is 21.9 Å². The third-order valence-electron chi connectivity index (χ3n) is 4.14. The number of amides is 1. The third-order valence-corrected chi connectivity index (χ3v) is 4.82. The maximum atomic E-state index is 13.0. The Hall–Kier alpha value is -3.18. The standard InChI is InChI=1S/C21H17N3OS/c25-21(20(24-12-5-11-22-24)16-6-2-1-3-7-16)23-19-9-4-8-17(14-19)18-10-13-26-15-18/h1-15,20H,(H,23,25). The smallest absolute Gasteiger partial charge is 0.253 e. The van der Waals surface area contributed by atoms with Crippen molar-refractivity contribution in [1.29, 1.82) is 0 Å². The zero-order chi connectivity index (χ0) is 17.8. The Morgan fingerprint density at radius 3 is 2.62 bits per heavy atom. The van der Waals surface area contributed by atoms with E-state index in [1.165, 1.54) is 0 Å². The number of carbonyl (C=O) groups is 1. The van der Waals surface area contributed by atoms with Crippen molar-refractivity contribution in [2.45, 2.75) is 6.04 Å². The quantitative estimate of drug-likeness (QED) is 0.554. The summed E-state index contributed by atoms with van der Waals surface area (Å²) in [6.45, 7) is 0. The van der Waals surface area contributed by atoms with Gasteiger partial charge in [0.1, 0.15) is 0 Å². The highest BCUT2D eigenvalue weighted by Gasteiger charge is 2.23. The zero-order valence-corrected chi connectivity index (χ0v) is 14.8. The first kappa shape index (κ1) is 16.3. The number of thiophene rings is 1. The molecule has 1 unspecified atom stereocenters. The van der Waals surface area contributed by atoms with Gasteiger partial charge in [-0.25, -0.2) is 0 Å². The summed E-state index contributed by atoms with van der Waals surface area (Å²) in [5, 5.41) is 11.4. The van der Waals surface area contributed by atoms with Crippen LogP contribution in [0.2, 0.25) is 0 Å². The minimum absolute atomic E-state index is 0.123. The largest absolute Gasteiger partial charge is 0.324 e. The van der Waals surface area contributed by atoms with Crippen LogP contribution in [0.1, 0.15) is 11.6 Å². The third kappa shape index (κ3) is 3.43. The van der Waals surface area contributed by atoms with Crippen molar-refractivity contribution in [1.82, 2.24) is 9.78 Å². The number of hydrogen-bond donors (Lipinski definition) is 1. The van der Waals surface area contributed by atoms with E-state index in [0.29, 0.717) is 0 Å². The molecule has 1 N–H and O–H groups in total. The summed E-state index contributed by atoms with van der Waals surface area (Å²) in [5.41, 5.74) is 3.90. The van der Waals surface area contributed by atoms with Gasteiger partial charge in [0.15, 0.2) is 6.04 Å². The molecule has 4 nitrogen and oxygen atoms in total. The summed E-state index contributed by atoms with van der Waals surface area (Å²) in [5.74, 6) is -0.123. The molecule has 0 aliphatic carbocycles. The number of nitrogens with zero attached hydrogens (tertiary/aromatic N) is 2. The maximum Gasteiger partial charge on any atom is 0.253 e. The Bertz CT molecular complexity index is 979. The lowest BCUT2D eigenvalue weighted by molar-refractivity contribution is -0.118. The Balaban J connectivity index is 1.62. The van der Waals surface area contributed by atoms with Crippen LogP contribution in [0.3, 0.4) is 0 Å². The molecule has 5 heteroatoms. The molecule has 26 heavy (non-hydrogen) atoms. The van der Waals surface area contributed by atoms with Crippen LogP contribution >= 0.6 is 11.3 Å². The van der Waals surface area contributed by atoms with Crippen molar-refractivity contribution in [3.8, 4) is 11.1 Å². The van der Waals surface area contributed by atoms with Crippen LogP contribution in [-0.4, -0.2) is 15.7 Å². The molecule has 0 saturated heterocycles. The summed E-state index contributed by atoms with van der Waals surface area (Å²) in [6, 6.07) is 20.9. The van der Waals surface area contributed by atoms with Crippen LogP contribution in [0.25, 0.3) is 11.1 Å². The second-order valence-electron chi connectivity index (χ2n) is 5.88. The fourth-order valence-electron chi connectivity index (χ4n) is 2.91. The minimum atomic E-state index is -0.518. The molecule has 2 aromatic heterocycles. The van der Waals surface area contributed by atoms with E-state index in [-0.39, 0.29) is 5.91 Å². The van der Waals surface area contributed by atoms with Crippen LogP contribution in [-0.2, 0) is 4.79 Å². The van der Waals surface area contributed by atoms with Crippen LogP contribution in [0, 0.1) is 0 Å². The molecule has 0 bridgehead atoms. The number of carbonyl (C=O) groups excluding carboxylic acids is 1. The van der Waals surface area contributed by atoms with Crippen LogP contribution in [0.5, 0.6) is 0 Å². The topological polar surface area (TPSA) is 46.9 Å². The molecular weight excluding hydrogens is 342 g/mol. The average molecular weight is 359 g/mol. The Labute approximate surface area is 155 Å². The van der Waals surface area contributed by atoms with Crippen LogP contribution in [0.4, 0.5) is 5.69 Å². The number of anilines is 1. The summed E-state index contributed by atoms with van der Waals surface area (Å²) < 4.78 is 1.67. The van der Waals surface area contributed by atoms with E-state index < -0.39 is 6.04 Å². The average Bonchev–Trinajstić information content (AvgIpc) is 3.37. The first-order chi connectivity index (χ1) is 12.8. The monoisotopic (exact) mass is 359 g/mol. The molecule has 2 heterocycles. The molecule has 4 rings (SSSR count). The fourth-order valence-corrected chi connectivity index (χ4v) is 3.57. The van der Waals surface area contributed by atoms with Crippen molar-refractivity contribution >= 4 is 22.9 Å². The molecule has 0 radical (unpaired) electrons. The van der Waals surface area contributed by atoms with E-state index >= 15 is 0 Å². The van der Waals surface area contributed by atoms with Gasteiger partial charge in [0, 0.05) is 18.1 Å². The van der Waals surface area contributed by atoms with Gasteiger partial charge in [0.25, 0.3) is 5.91 Å². The summed E-state index contributed by atoms with van der Waals surface area (Å²) in [7, 11) is 0. The van der Waals surface area contributed by atoms with Gasteiger partial charge in [-0.3, -0.25) is 9.48 Å². The normalized spacial score (nSPS) is 11.8. The molecule has 0 aliphatic rings.